The Balaban J connectivity index is 2.07. The number of morpholine rings is 1. The second-order valence-corrected chi connectivity index (χ2v) is 4.05. The third-order valence-electron chi connectivity index (χ3n) is 2.70. The summed E-state index contributed by atoms with van der Waals surface area (Å²) >= 11 is 5.76. The van der Waals surface area contributed by atoms with Crippen molar-refractivity contribution in [2.24, 2.45) is 0 Å². The molecule has 1 aliphatic heterocycles. The van der Waals surface area contributed by atoms with Crippen molar-refractivity contribution < 1.29 is 9.15 Å². The highest BCUT2D eigenvalue weighted by Crippen LogP contribution is 2.28. The molecule has 0 spiro atoms. The zero-order valence-corrected chi connectivity index (χ0v) is 9.33. The molecule has 1 N–H and O–H groups in total. The van der Waals surface area contributed by atoms with E-state index < -0.39 is 0 Å². The van der Waals surface area contributed by atoms with Gasteiger partial charge in [0.15, 0.2) is 5.58 Å². The zero-order valence-electron chi connectivity index (χ0n) is 8.57. The maximum Gasteiger partial charge on any atom is 0.293 e. The Hall–Kier alpha value is -1.10. The number of nitrogens with one attached hydrogen (secondary N) is 1. The van der Waals surface area contributed by atoms with E-state index in [9.17, 15) is 0 Å². The fourth-order valence-electron chi connectivity index (χ4n) is 1.97. The quantitative estimate of drug-likeness (QED) is 0.827. The molecule has 1 unspecified atom stereocenters. The van der Waals surface area contributed by atoms with Gasteiger partial charge in [0.05, 0.1) is 12.7 Å². The molecular formula is C11H11ClN2O2. The molecule has 0 bridgehead atoms. The van der Waals surface area contributed by atoms with Crippen molar-refractivity contribution in [3.05, 3.63) is 29.1 Å². The van der Waals surface area contributed by atoms with Crippen molar-refractivity contribution in [1.82, 2.24) is 10.3 Å². The Kier molecular flexibility index (Phi) is 2.55. The van der Waals surface area contributed by atoms with E-state index in [2.05, 4.69) is 10.3 Å². The van der Waals surface area contributed by atoms with E-state index in [0.717, 1.165) is 24.2 Å². The Morgan fingerprint density at radius 3 is 3.19 bits per heavy atom. The lowest BCUT2D eigenvalue weighted by Gasteiger charge is -2.23. The fourth-order valence-corrected chi connectivity index (χ4v) is 2.14. The SMILES string of the molecule is Clc1nc2c(C3CNCCO3)cccc2o1. The highest BCUT2D eigenvalue weighted by molar-refractivity contribution is 6.28. The van der Waals surface area contributed by atoms with Gasteiger partial charge in [-0.25, -0.2) is 0 Å². The standard InChI is InChI=1S/C11H11ClN2O2/c12-11-14-10-7(2-1-3-8(10)16-11)9-6-13-4-5-15-9/h1-3,9,13H,4-6H2. The number of halogens is 1. The van der Waals surface area contributed by atoms with Gasteiger partial charge in [-0.2, -0.15) is 4.98 Å². The summed E-state index contributed by atoms with van der Waals surface area (Å²) in [5, 5.41) is 3.46. The third kappa shape index (κ3) is 1.69. The maximum atomic E-state index is 5.76. The lowest BCUT2D eigenvalue weighted by Crippen LogP contribution is -2.33. The molecule has 3 rings (SSSR count). The predicted molar refractivity (Wildman–Crippen MR) is 60.6 cm³/mol. The third-order valence-corrected chi connectivity index (χ3v) is 2.86. The number of para-hydroxylation sites is 1. The van der Waals surface area contributed by atoms with Crippen molar-refractivity contribution in [2.75, 3.05) is 19.7 Å². The van der Waals surface area contributed by atoms with Crippen LogP contribution < -0.4 is 5.32 Å². The number of oxazole rings is 1. The molecule has 0 aliphatic carbocycles. The number of rotatable bonds is 1. The Morgan fingerprint density at radius 2 is 2.38 bits per heavy atom. The Bertz CT molecular complexity index is 506. The summed E-state index contributed by atoms with van der Waals surface area (Å²) in [6.07, 6.45) is 0.0265. The number of nitrogens with zero attached hydrogens (tertiary/aromatic N) is 1. The minimum Gasteiger partial charge on any atom is -0.428 e. The molecule has 16 heavy (non-hydrogen) atoms. The van der Waals surface area contributed by atoms with Crippen molar-refractivity contribution >= 4 is 22.7 Å². The van der Waals surface area contributed by atoms with Crippen LogP contribution in [0.3, 0.4) is 0 Å². The molecule has 5 heteroatoms. The van der Waals surface area contributed by atoms with Gasteiger partial charge in [0.2, 0.25) is 0 Å². The number of ether oxygens (including phenoxy) is 1. The van der Waals surface area contributed by atoms with Crippen LogP contribution in [0, 0.1) is 0 Å². The predicted octanol–water partition coefficient (Wildman–Crippen LogP) is 2.14. The van der Waals surface area contributed by atoms with Gasteiger partial charge in [0.1, 0.15) is 5.52 Å². The van der Waals surface area contributed by atoms with Crippen LogP contribution in [0.5, 0.6) is 0 Å². The van der Waals surface area contributed by atoms with Gasteiger partial charge in [0, 0.05) is 18.7 Å². The second-order valence-electron chi connectivity index (χ2n) is 3.72. The van der Waals surface area contributed by atoms with Crippen LogP contribution in [-0.4, -0.2) is 24.7 Å². The van der Waals surface area contributed by atoms with E-state index in [0.29, 0.717) is 12.2 Å². The molecular weight excluding hydrogens is 228 g/mol. The molecule has 2 heterocycles. The van der Waals surface area contributed by atoms with Crippen molar-refractivity contribution in [1.29, 1.82) is 0 Å². The number of hydrogen-bond acceptors (Lipinski definition) is 4. The van der Waals surface area contributed by atoms with E-state index in [1.165, 1.54) is 0 Å². The summed E-state index contributed by atoms with van der Waals surface area (Å²) < 4.78 is 11.0. The number of benzene rings is 1. The minimum atomic E-state index is 0.0265. The van der Waals surface area contributed by atoms with E-state index in [-0.39, 0.29) is 11.5 Å². The molecule has 2 aromatic rings. The normalized spacial score (nSPS) is 21.4. The summed E-state index contributed by atoms with van der Waals surface area (Å²) in [6.45, 7) is 2.41. The van der Waals surface area contributed by atoms with Crippen LogP contribution in [0.15, 0.2) is 22.6 Å². The zero-order chi connectivity index (χ0) is 11.0. The average molecular weight is 239 g/mol. The van der Waals surface area contributed by atoms with Gasteiger partial charge in [-0.15, -0.1) is 0 Å². The van der Waals surface area contributed by atoms with Crippen LogP contribution in [0.25, 0.3) is 11.1 Å². The number of fused-ring (bicyclic) bond motifs is 1. The summed E-state index contributed by atoms with van der Waals surface area (Å²) in [5.41, 5.74) is 2.53. The molecule has 4 nitrogen and oxygen atoms in total. The second kappa shape index (κ2) is 4.05. The molecule has 1 saturated heterocycles. The van der Waals surface area contributed by atoms with Gasteiger partial charge in [0.25, 0.3) is 5.35 Å². The van der Waals surface area contributed by atoms with Crippen LogP contribution >= 0.6 is 11.6 Å². The van der Waals surface area contributed by atoms with E-state index >= 15 is 0 Å². The molecule has 0 radical (unpaired) electrons. The number of hydrogen-bond donors (Lipinski definition) is 1. The summed E-state index contributed by atoms with van der Waals surface area (Å²) in [6, 6.07) is 5.78. The molecule has 1 fully saturated rings. The van der Waals surface area contributed by atoms with Gasteiger partial charge in [-0.05, 0) is 17.7 Å². The van der Waals surface area contributed by atoms with Crippen LogP contribution in [0.1, 0.15) is 11.7 Å². The molecule has 84 valence electrons. The van der Waals surface area contributed by atoms with Gasteiger partial charge in [-0.1, -0.05) is 12.1 Å². The summed E-state index contributed by atoms with van der Waals surface area (Å²) in [4.78, 5) is 4.18. The highest BCUT2D eigenvalue weighted by Gasteiger charge is 2.20. The maximum absolute atomic E-state index is 5.76. The van der Waals surface area contributed by atoms with E-state index in [4.69, 9.17) is 20.8 Å². The monoisotopic (exact) mass is 238 g/mol. The fraction of sp³-hybridized carbons (Fsp3) is 0.364. The average Bonchev–Trinajstić information content (AvgIpc) is 2.70. The molecule has 1 aromatic heterocycles. The van der Waals surface area contributed by atoms with Crippen LogP contribution in [0.2, 0.25) is 5.35 Å². The summed E-state index contributed by atoms with van der Waals surface area (Å²) in [5.74, 6) is 0. The van der Waals surface area contributed by atoms with Gasteiger partial charge >= 0.3 is 0 Å². The lowest BCUT2D eigenvalue weighted by molar-refractivity contribution is 0.0285. The first-order valence-electron chi connectivity index (χ1n) is 5.22. The van der Waals surface area contributed by atoms with Crippen LogP contribution in [0.4, 0.5) is 0 Å². The van der Waals surface area contributed by atoms with Crippen molar-refractivity contribution in [3.8, 4) is 0 Å². The first-order valence-corrected chi connectivity index (χ1v) is 5.59. The van der Waals surface area contributed by atoms with Crippen molar-refractivity contribution in [3.63, 3.8) is 0 Å². The smallest absolute Gasteiger partial charge is 0.293 e. The molecule has 1 atom stereocenters. The Morgan fingerprint density at radius 1 is 1.44 bits per heavy atom. The minimum absolute atomic E-state index is 0.0265. The first kappa shape index (κ1) is 10.1. The molecule has 0 amide bonds. The van der Waals surface area contributed by atoms with Crippen LogP contribution in [-0.2, 0) is 4.74 Å². The Labute approximate surface area is 97.5 Å². The van der Waals surface area contributed by atoms with Gasteiger partial charge in [-0.3, -0.25) is 0 Å². The molecule has 1 aromatic carbocycles. The van der Waals surface area contributed by atoms with E-state index in [1.807, 2.05) is 18.2 Å². The molecule has 1 aliphatic rings. The lowest BCUT2D eigenvalue weighted by atomic mass is 10.1. The summed E-state index contributed by atoms with van der Waals surface area (Å²) in [7, 11) is 0. The molecule has 0 saturated carbocycles. The highest BCUT2D eigenvalue weighted by atomic mass is 35.5. The van der Waals surface area contributed by atoms with Gasteiger partial charge < -0.3 is 14.5 Å². The largest absolute Gasteiger partial charge is 0.428 e. The topological polar surface area (TPSA) is 47.3 Å². The van der Waals surface area contributed by atoms with Crippen molar-refractivity contribution in [2.45, 2.75) is 6.10 Å². The van der Waals surface area contributed by atoms with E-state index in [1.54, 1.807) is 0 Å². The first-order chi connectivity index (χ1) is 7.84. The number of aromatic nitrogens is 1.